The molecular weight excluding hydrogens is 268 g/mol. The number of aromatic nitrogens is 2. The van der Waals surface area contributed by atoms with Gasteiger partial charge in [0.1, 0.15) is 0 Å². The van der Waals surface area contributed by atoms with Gasteiger partial charge in [-0.3, -0.25) is 4.79 Å². The Hall–Kier alpha value is -1.13. The molecule has 3 rings (SSSR count). The van der Waals surface area contributed by atoms with E-state index in [1.54, 1.807) is 0 Å². The van der Waals surface area contributed by atoms with Crippen molar-refractivity contribution in [2.45, 2.75) is 32.1 Å². The standard InChI is InChI=1S/C13H13ClN2OS/c14-11-7-6-10(18-11)12-15-9-5-3-1-2-4-8(9)13(17)16-12/h6-7H,1-5H2,(H,15,16,17). The lowest BCUT2D eigenvalue weighted by Gasteiger charge is -2.05. The molecule has 5 heteroatoms. The van der Waals surface area contributed by atoms with Gasteiger partial charge >= 0.3 is 0 Å². The molecule has 18 heavy (non-hydrogen) atoms. The maximum atomic E-state index is 12.1. The lowest BCUT2D eigenvalue weighted by atomic mass is 10.1. The molecule has 2 aromatic heterocycles. The molecule has 0 saturated heterocycles. The Morgan fingerprint density at radius 1 is 1.22 bits per heavy atom. The Kier molecular flexibility index (Phi) is 3.22. The van der Waals surface area contributed by atoms with Crippen molar-refractivity contribution in [3.05, 3.63) is 38.1 Å². The van der Waals surface area contributed by atoms with Crippen molar-refractivity contribution in [1.82, 2.24) is 9.97 Å². The molecule has 1 N–H and O–H groups in total. The Balaban J connectivity index is 2.10. The molecule has 2 aromatic rings. The zero-order chi connectivity index (χ0) is 12.5. The lowest BCUT2D eigenvalue weighted by molar-refractivity contribution is 0.708. The highest BCUT2D eigenvalue weighted by Crippen LogP contribution is 2.29. The van der Waals surface area contributed by atoms with Gasteiger partial charge in [-0.2, -0.15) is 0 Å². The van der Waals surface area contributed by atoms with E-state index in [0.717, 1.165) is 41.8 Å². The summed E-state index contributed by atoms with van der Waals surface area (Å²) in [4.78, 5) is 20.5. The highest BCUT2D eigenvalue weighted by Gasteiger charge is 2.15. The van der Waals surface area contributed by atoms with E-state index < -0.39 is 0 Å². The number of thiophene rings is 1. The number of fused-ring (bicyclic) bond motifs is 1. The molecule has 0 aliphatic heterocycles. The zero-order valence-electron chi connectivity index (χ0n) is 9.83. The average Bonchev–Trinajstić information content (AvgIpc) is 2.63. The van der Waals surface area contributed by atoms with Crippen LogP contribution >= 0.6 is 22.9 Å². The van der Waals surface area contributed by atoms with E-state index in [-0.39, 0.29) is 5.56 Å². The van der Waals surface area contributed by atoms with Crippen LogP contribution in [0.3, 0.4) is 0 Å². The van der Waals surface area contributed by atoms with Crippen LogP contribution in [0.1, 0.15) is 30.5 Å². The van der Waals surface area contributed by atoms with Crippen molar-refractivity contribution in [3.8, 4) is 10.7 Å². The number of hydrogen-bond donors (Lipinski definition) is 1. The molecule has 1 aliphatic rings. The molecule has 2 heterocycles. The first-order valence-corrected chi connectivity index (χ1v) is 7.31. The van der Waals surface area contributed by atoms with Gasteiger partial charge in [0, 0.05) is 5.56 Å². The summed E-state index contributed by atoms with van der Waals surface area (Å²) in [7, 11) is 0. The van der Waals surface area contributed by atoms with Gasteiger partial charge in [-0.05, 0) is 37.8 Å². The van der Waals surface area contributed by atoms with Crippen LogP contribution in [-0.2, 0) is 12.8 Å². The minimum atomic E-state index is 0.0152. The Labute approximate surface area is 114 Å². The fraction of sp³-hybridized carbons (Fsp3) is 0.385. The molecule has 94 valence electrons. The SMILES string of the molecule is O=c1[nH]c(-c2ccc(Cl)s2)nc2c1CCCCC2. The molecule has 1 aliphatic carbocycles. The largest absolute Gasteiger partial charge is 0.306 e. The average molecular weight is 281 g/mol. The number of halogens is 1. The third-order valence-corrected chi connectivity index (χ3v) is 4.49. The number of rotatable bonds is 1. The summed E-state index contributed by atoms with van der Waals surface area (Å²) in [5.74, 6) is 0.651. The van der Waals surface area contributed by atoms with Crippen molar-refractivity contribution in [2.24, 2.45) is 0 Å². The van der Waals surface area contributed by atoms with Crippen LogP contribution in [0.15, 0.2) is 16.9 Å². The van der Waals surface area contributed by atoms with Crippen molar-refractivity contribution in [3.63, 3.8) is 0 Å². The summed E-state index contributed by atoms with van der Waals surface area (Å²) in [6.07, 6.45) is 5.14. The molecule has 0 radical (unpaired) electrons. The highest BCUT2D eigenvalue weighted by molar-refractivity contribution is 7.19. The van der Waals surface area contributed by atoms with Gasteiger partial charge in [0.25, 0.3) is 5.56 Å². The number of nitrogens with zero attached hydrogens (tertiary/aromatic N) is 1. The number of aromatic amines is 1. The summed E-state index contributed by atoms with van der Waals surface area (Å²) in [6.45, 7) is 0. The second kappa shape index (κ2) is 4.86. The molecule has 0 saturated carbocycles. The number of hydrogen-bond acceptors (Lipinski definition) is 3. The first-order valence-electron chi connectivity index (χ1n) is 6.12. The second-order valence-corrected chi connectivity index (χ2v) is 6.22. The summed E-state index contributed by atoms with van der Waals surface area (Å²) in [5.41, 5.74) is 1.86. The van der Waals surface area contributed by atoms with Gasteiger partial charge < -0.3 is 4.98 Å². The van der Waals surface area contributed by atoms with Crippen LogP contribution in [0.4, 0.5) is 0 Å². The second-order valence-electron chi connectivity index (χ2n) is 4.50. The van der Waals surface area contributed by atoms with Gasteiger partial charge in [0.05, 0.1) is 14.9 Å². The molecule has 0 bridgehead atoms. The molecule has 0 unspecified atom stereocenters. The van der Waals surface area contributed by atoms with Gasteiger partial charge in [-0.1, -0.05) is 18.0 Å². The summed E-state index contributed by atoms with van der Waals surface area (Å²) < 4.78 is 0.711. The molecular formula is C13H13ClN2OS. The third-order valence-electron chi connectivity index (χ3n) is 3.25. The smallest absolute Gasteiger partial charge is 0.254 e. The zero-order valence-corrected chi connectivity index (χ0v) is 11.4. The van der Waals surface area contributed by atoms with Crippen LogP contribution in [0.2, 0.25) is 4.34 Å². The highest BCUT2D eigenvalue weighted by atomic mass is 35.5. The number of nitrogens with one attached hydrogen (secondary N) is 1. The van der Waals surface area contributed by atoms with Gasteiger partial charge in [0.15, 0.2) is 5.82 Å². The predicted octanol–water partition coefficient (Wildman–Crippen LogP) is 3.42. The van der Waals surface area contributed by atoms with Crippen molar-refractivity contribution >= 4 is 22.9 Å². The Morgan fingerprint density at radius 2 is 2.06 bits per heavy atom. The van der Waals surface area contributed by atoms with E-state index >= 15 is 0 Å². The van der Waals surface area contributed by atoms with Crippen LogP contribution in [0.25, 0.3) is 10.7 Å². The van der Waals surface area contributed by atoms with Crippen LogP contribution in [0.5, 0.6) is 0 Å². The van der Waals surface area contributed by atoms with E-state index in [9.17, 15) is 4.79 Å². The summed E-state index contributed by atoms with van der Waals surface area (Å²) >= 11 is 7.36. The van der Waals surface area contributed by atoms with Crippen molar-refractivity contribution < 1.29 is 0 Å². The topological polar surface area (TPSA) is 45.8 Å². The molecule has 0 atom stereocenters. The van der Waals surface area contributed by atoms with Crippen LogP contribution < -0.4 is 5.56 Å². The first kappa shape index (κ1) is 11.9. The normalized spacial score (nSPS) is 15.2. The minimum Gasteiger partial charge on any atom is -0.306 e. The fourth-order valence-electron chi connectivity index (χ4n) is 2.34. The minimum absolute atomic E-state index is 0.0152. The number of H-pyrrole nitrogens is 1. The van der Waals surface area contributed by atoms with E-state index in [2.05, 4.69) is 9.97 Å². The van der Waals surface area contributed by atoms with E-state index in [4.69, 9.17) is 11.6 Å². The van der Waals surface area contributed by atoms with E-state index in [0.29, 0.717) is 10.2 Å². The first-order chi connectivity index (χ1) is 8.74. The van der Waals surface area contributed by atoms with E-state index in [1.807, 2.05) is 12.1 Å². The number of aryl methyl sites for hydroxylation is 1. The van der Waals surface area contributed by atoms with E-state index in [1.165, 1.54) is 17.8 Å². The van der Waals surface area contributed by atoms with Crippen LogP contribution in [-0.4, -0.2) is 9.97 Å². The third kappa shape index (κ3) is 2.22. The van der Waals surface area contributed by atoms with Crippen molar-refractivity contribution in [2.75, 3.05) is 0 Å². The predicted molar refractivity (Wildman–Crippen MR) is 74.4 cm³/mol. The maximum absolute atomic E-state index is 12.1. The van der Waals surface area contributed by atoms with Gasteiger partial charge in [-0.25, -0.2) is 4.98 Å². The summed E-state index contributed by atoms with van der Waals surface area (Å²) in [6, 6.07) is 3.72. The fourth-order valence-corrected chi connectivity index (χ4v) is 3.33. The molecule has 0 aromatic carbocycles. The van der Waals surface area contributed by atoms with Gasteiger partial charge in [-0.15, -0.1) is 11.3 Å². The maximum Gasteiger partial charge on any atom is 0.254 e. The Bertz CT molecular complexity index is 632. The molecule has 3 nitrogen and oxygen atoms in total. The molecule has 0 amide bonds. The Morgan fingerprint density at radius 3 is 2.83 bits per heavy atom. The molecule has 0 spiro atoms. The molecule has 0 fully saturated rings. The quantitative estimate of drug-likeness (QED) is 0.814. The monoisotopic (exact) mass is 280 g/mol. The van der Waals surface area contributed by atoms with Crippen LogP contribution in [0, 0.1) is 0 Å². The van der Waals surface area contributed by atoms with Gasteiger partial charge in [0.2, 0.25) is 0 Å². The van der Waals surface area contributed by atoms with Crippen molar-refractivity contribution in [1.29, 1.82) is 0 Å². The lowest BCUT2D eigenvalue weighted by Crippen LogP contribution is -2.17. The summed E-state index contributed by atoms with van der Waals surface area (Å²) in [5, 5.41) is 0.